The average Bonchev–Trinajstić information content (AvgIpc) is 3.27. The summed E-state index contributed by atoms with van der Waals surface area (Å²) in [6, 6.07) is 15.6. The lowest BCUT2D eigenvalue weighted by atomic mass is 10.1. The highest BCUT2D eigenvalue weighted by Gasteiger charge is 2.32. The first-order valence-electron chi connectivity index (χ1n) is 9.17. The smallest absolute Gasteiger partial charge is 0.360 e. The molecule has 1 aromatic heterocycles. The highest BCUT2D eigenvalue weighted by molar-refractivity contribution is 6.02. The molecule has 2 aromatic carbocycles. The Bertz CT molecular complexity index is 1070. The Kier molecular flexibility index (Phi) is 4.89. The first-order valence-corrected chi connectivity index (χ1v) is 9.17. The Morgan fingerprint density at radius 1 is 0.964 bits per heavy atom. The van der Waals surface area contributed by atoms with Crippen LogP contribution < -0.4 is 5.56 Å². The average molecular weight is 377 g/mol. The van der Waals surface area contributed by atoms with E-state index in [1.165, 1.54) is 0 Å². The summed E-state index contributed by atoms with van der Waals surface area (Å²) in [7, 11) is 0. The Hall–Kier alpha value is -3.48. The predicted molar refractivity (Wildman–Crippen MR) is 103 cm³/mol. The van der Waals surface area contributed by atoms with E-state index < -0.39 is 12.1 Å². The monoisotopic (exact) mass is 377 g/mol. The minimum atomic E-state index is -1.06. The van der Waals surface area contributed by atoms with Gasteiger partial charge in [-0.05, 0) is 18.9 Å². The third-order valence-corrected chi connectivity index (χ3v) is 4.86. The van der Waals surface area contributed by atoms with Crippen molar-refractivity contribution in [3.63, 3.8) is 0 Å². The minimum absolute atomic E-state index is 0.0228. The molecule has 2 heterocycles. The molecule has 142 valence electrons. The van der Waals surface area contributed by atoms with Crippen molar-refractivity contribution in [2.24, 2.45) is 0 Å². The molecular weight excluding hydrogens is 358 g/mol. The van der Waals surface area contributed by atoms with Gasteiger partial charge in [0.05, 0.1) is 5.39 Å². The highest BCUT2D eigenvalue weighted by Crippen LogP contribution is 2.25. The maximum absolute atomic E-state index is 13.0. The van der Waals surface area contributed by atoms with Crippen molar-refractivity contribution in [3.8, 4) is 0 Å². The molecule has 7 nitrogen and oxygen atoms in total. The molecule has 1 aliphatic heterocycles. The molecular formula is C21H19N3O4. The fraction of sp³-hybridized carbons (Fsp3) is 0.238. The van der Waals surface area contributed by atoms with Crippen molar-refractivity contribution >= 4 is 22.6 Å². The van der Waals surface area contributed by atoms with Gasteiger partial charge in [0.2, 0.25) is 6.10 Å². The molecule has 28 heavy (non-hydrogen) atoms. The van der Waals surface area contributed by atoms with Crippen LogP contribution in [0.5, 0.6) is 0 Å². The summed E-state index contributed by atoms with van der Waals surface area (Å²) >= 11 is 0. The molecule has 0 radical (unpaired) electrons. The van der Waals surface area contributed by atoms with Gasteiger partial charge in [-0.15, -0.1) is 0 Å². The summed E-state index contributed by atoms with van der Waals surface area (Å²) in [6.07, 6.45) is 0.819. The van der Waals surface area contributed by atoms with Crippen LogP contribution in [0.2, 0.25) is 0 Å². The SMILES string of the molecule is O=C(O[C@@H](C(=O)N1CCCC1)c1ccccc1)c1n[nH]c(=O)c2ccccc12. The Balaban J connectivity index is 1.69. The molecule has 4 rings (SSSR count). The Morgan fingerprint density at radius 3 is 2.32 bits per heavy atom. The molecule has 0 unspecified atom stereocenters. The topological polar surface area (TPSA) is 92.4 Å². The quantitative estimate of drug-likeness (QED) is 0.705. The second-order valence-electron chi connectivity index (χ2n) is 6.68. The van der Waals surface area contributed by atoms with Gasteiger partial charge in [0.1, 0.15) is 0 Å². The van der Waals surface area contributed by atoms with Gasteiger partial charge in [0.25, 0.3) is 11.5 Å². The van der Waals surface area contributed by atoms with Gasteiger partial charge in [-0.1, -0.05) is 48.5 Å². The Labute approximate surface area is 160 Å². The number of carbonyl (C=O) groups excluding carboxylic acids is 2. The first kappa shape index (κ1) is 17.9. The number of hydrogen-bond acceptors (Lipinski definition) is 5. The molecule has 0 spiro atoms. The fourth-order valence-electron chi connectivity index (χ4n) is 3.43. The van der Waals surface area contributed by atoms with Gasteiger partial charge < -0.3 is 9.64 Å². The number of amides is 1. The second-order valence-corrected chi connectivity index (χ2v) is 6.68. The lowest BCUT2D eigenvalue weighted by Crippen LogP contribution is -2.35. The third-order valence-electron chi connectivity index (χ3n) is 4.86. The van der Waals surface area contributed by atoms with Crippen LogP contribution in [0.1, 0.15) is 35.0 Å². The van der Waals surface area contributed by atoms with Crippen LogP contribution in [0.15, 0.2) is 59.4 Å². The zero-order valence-corrected chi connectivity index (χ0v) is 15.1. The van der Waals surface area contributed by atoms with E-state index in [0.717, 1.165) is 12.8 Å². The number of benzene rings is 2. The Morgan fingerprint density at radius 2 is 1.61 bits per heavy atom. The number of nitrogens with zero attached hydrogens (tertiary/aromatic N) is 2. The van der Waals surface area contributed by atoms with Crippen molar-refractivity contribution in [2.45, 2.75) is 18.9 Å². The van der Waals surface area contributed by atoms with Gasteiger partial charge in [-0.3, -0.25) is 9.59 Å². The summed E-state index contributed by atoms with van der Waals surface area (Å²) < 4.78 is 5.63. The van der Waals surface area contributed by atoms with Crippen molar-refractivity contribution in [1.82, 2.24) is 15.1 Å². The van der Waals surface area contributed by atoms with Crippen LogP contribution in [0, 0.1) is 0 Å². The number of ether oxygens (including phenoxy) is 1. The number of hydrogen-bond donors (Lipinski definition) is 1. The van der Waals surface area contributed by atoms with E-state index in [4.69, 9.17) is 4.74 Å². The largest absolute Gasteiger partial charge is 0.442 e. The van der Waals surface area contributed by atoms with Crippen molar-refractivity contribution < 1.29 is 14.3 Å². The van der Waals surface area contributed by atoms with Crippen LogP contribution >= 0.6 is 0 Å². The minimum Gasteiger partial charge on any atom is -0.442 e. The van der Waals surface area contributed by atoms with E-state index in [1.807, 2.05) is 6.07 Å². The number of aromatic amines is 1. The standard InChI is InChI=1S/C21H19N3O4/c25-19-16-11-5-4-10-15(16)17(22-23-19)21(27)28-18(14-8-2-1-3-9-14)20(26)24-12-6-7-13-24/h1-5,8-11,18H,6-7,12-13H2,(H,23,25)/t18-/m1/s1. The van der Waals surface area contributed by atoms with Crippen LogP contribution in [-0.4, -0.2) is 40.1 Å². The van der Waals surface area contributed by atoms with Gasteiger partial charge in [-0.25, -0.2) is 9.89 Å². The number of H-pyrrole nitrogens is 1. The molecule has 7 heteroatoms. The fourth-order valence-corrected chi connectivity index (χ4v) is 3.43. The zero-order valence-electron chi connectivity index (χ0n) is 15.1. The second kappa shape index (κ2) is 7.64. The van der Waals surface area contributed by atoms with Gasteiger partial charge in [0.15, 0.2) is 5.69 Å². The number of likely N-dealkylation sites (tertiary alicyclic amines) is 1. The van der Waals surface area contributed by atoms with Crippen molar-refractivity contribution in [1.29, 1.82) is 0 Å². The highest BCUT2D eigenvalue weighted by atomic mass is 16.5. The maximum atomic E-state index is 13.0. The molecule has 1 aliphatic rings. The number of esters is 1. The van der Waals surface area contributed by atoms with Crippen LogP contribution in [-0.2, 0) is 9.53 Å². The lowest BCUT2D eigenvalue weighted by molar-refractivity contribution is -0.140. The summed E-state index contributed by atoms with van der Waals surface area (Å²) in [5.41, 5.74) is 0.187. The third kappa shape index (κ3) is 3.38. The normalized spacial score (nSPS) is 14.8. The molecule has 3 aromatic rings. The number of rotatable bonds is 4. The van der Waals surface area contributed by atoms with Crippen molar-refractivity contribution in [3.05, 3.63) is 76.2 Å². The van der Waals surface area contributed by atoms with Crippen LogP contribution in [0.25, 0.3) is 10.8 Å². The molecule has 1 N–H and O–H groups in total. The van der Waals surface area contributed by atoms with E-state index >= 15 is 0 Å². The van der Waals surface area contributed by atoms with E-state index in [9.17, 15) is 14.4 Å². The summed E-state index contributed by atoms with van der Waals surface area (Å²) in [5, 5.41) is 6.92. The molecule has 0 bridgehead atoms. The van der Waals surface area contributed by atoms with Gasteiger partial charge in [-0.2, -0.15) is 5.10 Å². The first-order chi connectivity index (χ1) is 13.6. The molecule has 0 saturated carbocycles. The van der Waals surface area contributed by atoms with E-state index in [2.05, 4.69) is 10.2 Å². The summed E-state index contributed by atoms with van der Waals surface area (Å²) in [6.45, 7) is 1.30. The van der Waals surface area contributed by atoms with Crippen LogP contribution in [0.3, 0.4) is 0 Å². The molecule has 1 amide bonds. The number of aromatic nitrogens is 2. The number of fused-ring (bicyclic) bond motifs is 1. The number of nitrogens with one attached hydrogen (secondary N) is 1. The van der Waals surface area contributed by atoms with Gasteiger partial charge in [0, 0.05) is 24.0 Å². The van der Waals surface area contributed by atoms with Gasteiger partial charge >= 0.3 is 5.97 Å². The van der Waals surface area contributed by atoms with Crippen molar-refractivity contribution in [2.75, 3.05) is 13.1 Å². The molecule has 1 atom stereocenters. The van der Waals surface area contributed by atoms with Crippen LogP contribution in [0.4, 0.5) is 0 Å². The summed E-state index contributed by atoms with van der Waals surface area (Å²) in [4.78, 5) is 39.6. The molecule has 0 aliphatic carbocycles. The maximum Gasteiger partial charge on any atom is 0.360 e. The van der Waals surface area contributed by atoms with E-state index in [-0.39, 0.29) is 17.2 Å². The zero-order chi connectivity index (χ0) is 19.5. The van der Waals surface area contributed by atoms with E-state index in [0.29, 0.717) is 29.4 Å². The lowest BCUT2D eigenvalue weighted by Gasteiger charge is -2.23. The van der Waals surface area contributed by atoms with E-state index in [1.54, 1.807) is 53.4 Å². The molecule has 1 fully saturated rings. The predicted octanol–water partition coefficient (Wildman–Crippen LogP) is 2.44. The molecule has 1 saturated heterocycles. The summed E-state index contributed by atoms with van der Waals surface area (Å²) in [5.74, 6) is -1.00. The number of carbonyl (C=O) groups is 2.